The maximum absolute atomic E-state index is 12.2. The minimum atomic E-state index is 0.0993. The zero-order chi connectivity index (χ0) is 13.9. The van der Waals surface area contributed by atoms with Crippen LogP contribution in [-0.4, -0.2) is 31.6 Å². The van der Waals surface area contributed by atoms with Crippen LogP contribution in [0.1, 0.15) is 65.2 Å². The van der Waals surface area contributed by atoms with E-state index in [1.54, 1.807) is 0 Å². The van der Waals surface area contributed by atoms with E-state index in [1.165, 1.54) is 32.1 Å². The molecule has 0 spiro atoms. The van der Waals surface area contributed by atoms with E-state index in [4.69, 9.17) is 4.74 Å². The molecule has 1 aliphatic rings. The molecule has 0 bridgehead atoms. The number of ether oxygens (including phenoxy) is 1. The Morgan fingerprint density at radius 1 is 1.05 bits per heavy atom. The monoisotopic (exact) mass is 269 g/mol. The van der Waals surface area contributed by atoms with Crippen molar-refractivity contribution in [3.8, 4) is 0 Å². The molecule has 0 saturated carbocycles. The van der Waals surface area contributed by atoms with Crippen molar-refractivity contribution in [3.05, 3.63) is 0 Å². The van der Waals surface area contributed by atoms with Crippen LogP contribution in [0.2, 0.25) is 0 Å². The number of unbranched alkanes of at least 4 members (excludes halogenated alkanes) is 5. The molecule has 0 aromatic heterocycles. The number of hydrogen-bond donors (Lipinski definition) is 1. The Labute approximate surface area is 118 Å². The highest BCUT2D eigenvalue weighted by molar-refractivity contribution is 5.82. The molecule has 2 atom stereocenters. The lowest BCUT2D eigenvalue weighted by Gasteiger charge is -2.17. The van der Waals surface area contributed by atoms with Crippen molar-refractivity contribution >= 4 is 5.78 Å². The van der Waals surface area contributed by atoms with Crippen LogP contribution in [0.25, 0.3) is 0 Å². The Hall–Kier alpha value is -0.410. The lowest BCUT2D eigenvalue weighted by Crippen LogP contribution is -2.39. The van der Waals surface area contributed by atoms with Gasteiger partial charge in [-0.25, -0.2) is 0 Å². The summed E-state index contributed by atoms with van der Waals surface area (Å²) in [7, 11) is 0. The van der Waals surface area contributed by atoms with Crippen molar-refractivity contribution in [2.75, 3.05) is 19.8 Å². The molecule has 1 rings (SSSR count). The topological polar surface area (TPSA) is 38.3 Å². The van der Waals surface area contributed by atoms with E-state index in [-0.39, 0.29) is 12.0 Å². The highest BCUT2D eigenvalue weighted by Crippen LogP contribution is 2.18. The zero-order valence-corrected chi connectivity index (χ0v) is 12.7. The van der Waals surface area contributed by atoms with Crippen LogP contribution in [0.4, 0.5) is 0 Å². The zero-order valence-electron chi connectivity index (χ0n) is 12.7. The van der Waals surface area contributed by atoms with Gasteiger partial charge in [-0.15, -0.1) is 0 Å². The summed E-state index contributed by atoms with van der Waals surface area (Å²) in [4.78, 5) is 12.2. The molecular formula is C16H31NO2. The van der Waals surface area contributed by atoms with Crippen molar-refractivity contribution in [1.82, 2.24) is 5.32 Å². The average Bonchev–Trinajstić information content (AvgIpc) is 2.88. The fourth-order valence-corrected chi connectivity index (χ4v) is 2.67. The normalized spacial score (nSPS) is 22.8. The summed E-state index contributed by atoms with van der Waals surface area (Å²) in [5.74, 6) is 0.504. The second kappa shape index (κ2) is 10.4. The molecule has 2 unspecified atom stereocenters. The van der Waals surface area contributed by atoms with E-state index in [1.807, 2.05) is 0 Å². The number of hydrogen-bond acceptors (Lipinski definition) is 3. The highest BCUT2D eigenvalue weighted by Gasteiger charge is 2.32. The van der Waals surface area contributed by atoms with Crippen LogP contribution in [0.15, 0.2) is 0 Å². The number of carbonyl (C=O) groups excluding carboxylic acids is 1. The Kier molecular flexibility index (Phi) is 9.10. The molecule has 1 saturated heterocycles. The predicted molar refractivity (Wildman–Crippen MR) is 79.4 cm³/mol. The van der Waals surface area contributed by atoms with Crippen molar-refractivity contribution in [1.29, 1.82) is 0 Å². The van der Waals surface area contributed by atoms with Crippen molar-refractivity contribution in [3.63, 3.8) is 0 Å². The number of ketones is 1. The molecule has 112 valence electrons. The van der Waals surface area contributed by atoms with Gasteiger partial charge in [-0.3, -0.25) is 4.79 Å². The maximum Gasteiger partial charge on any atom is 0.139 e. The van der Waals surface area contributed by atoms with Crippen LogP contribution in [0.5, 0.6) is 0 Å². The maximum atomic E-state index is 12.2. The van der Waals surface area contributed by atoms with Crippen molar-refractivity contribution in [2.24, 2.45) is 5.92 Å². The van der Waals surface area contributed by atoms with E-state index in [0.717, 1.165) is 25.8 Å². The minimum Gasteiger partial charge on any atom is -0.379 e. The molecule has 1 fully saturated rings. The van der Waals surface area contributed by atoms with Crippen molar-refractivity contribution < 1.29 is 9.53 Å². The first-order chi connectivity index (χ1) is 9.29. The standard InChI is InChI=1S/C16H31NO2/c1-3-5-6-7-8-9-10-16(18)14-12-19-13-15(14)17-11-4-2/h14-15,17H,3-13H2,1-2H3. The number of rotatable bonds is 11. The molecule has 3 heteroatoms. The molecule has 1 N–H and O–H groups in total. The van der Waals surface area contributed by atoms with Crippen LogP contribution in [0, 0.1) is 5.92 Å². The lowest BCUT2D eigenvalue weighted by atomic mass is 9.94. The van der Waals surface area contributed by atoms with E-state index in [2.05, 4.69) is 19.2 Å². The summed E-state index contributed by atoms with van der Waals surface area (Å²) in [6.07, 6.45) is 9.31. The van der Waals surface area contributed by atoms with Gasteiger partial charge in [0.2, 0.25) is 0 Å². The van der Waals surface area contributed by atoms with Gasteiger partial charge >= 0.3 is 0 Å². The largest absolute Gasteiger partial charge is 0.379 e. The quantitative estimate of drug-likeness (QED) is 0.585. The molecule has 0 radical (unpaired) electrons. The molecule has 1 heterocycles. The summed E-state index contributed by atoms with van der Waals surface area (Å²) in [6.45, 7) is 6.68. The average molecular weight is 269 g/mol. The Bertz CT molecular complexity index is 243. The Morgan fingerprint density at radius 3 is 2.53 bits per heavy atom. The summed E-state index contributed by atoms with van der Waals surface area (Å²) in [6, 6.07) is 0.257. The summed E-state index contributed by atoms with van der Waals surface area (Å²) in [5, 5.41) is 3.43. The first-order valence-corrected chi connectivity index (χ1v) is 8.13. The third-order valence-electron chi connectivity index (χ3n) is 3.93. The molecular weight excluding hydrogens is 238 g/mol. The van der Waals surface area contributed by atoms with E-state index in [0.29, 0.717) is 19.0 Å². The van der Waals surface area contributed by atoms with Gasteiger partial charge < -0.3 is 10.1 Å². The fraction of sp³-hybridized carbons (Fsp3) is 0.938. The molecule has 0 amide bonds. The van der Waals surface area contributed by atoms with Gasteiger partial charge in [-0.2, -0.15) is 0 Å². The van der Waals surface area contributed by atoms with Gasteiger partial charge in [0.25, 0.3) is 0 Å². The van der Waals surface area contributed by atoms with E-state index in [9.17, 15) is 4.79 Å². The number of carbonyl (C=O) groups is 1. The minimum absolute atomic E-state index is 0.0993. The fourth-order valence-electron chi connectivity index (χ4n) is 2.67. The van der Waals surface area contributed by atoms with Gasteiger partial charge in [-0.05, 0) is 19.4 Å². The van der Waals surface area contributed by atoms with E-state index >= 15 is 0 Å². The molecule has 3 nitrogen and oxygen atoms in total. The van der Waals surface area contributed by atoms with Crippen LogP contribution < -0.4 is 5.32 Å². The molecule has 1 aliphatic heterocycles. The second-order valence-electron chi connectivity index (χ2n) is 5.69. The number of nitrogens with one attached hydrogen (secondary N) is 1. The van der Waals surface area contributed by atoms with E-state index < -0.39 is 0 Å². The van der Waals surface area contributed by atoms with Gasteiger partial charge in [0.15, 0.2) is 0 Å². The van der Waals surface area contributed by atoms with Gasteiger partial charge in [0, 0.05) is 12.5 Å². The summed E-state index contributed by atoms with van der Waals surface area (Å²) in [5.41, 5.74) is 0. The molecule has 0 aromatic carbocycles. The second-order valence-corrected chi connectivity index (χ2v) is 5.69. The van der Waals surface area contributed by atoms with Crippen molar-refractivity contribution in [2.45, 2.75) is 71.3 Å². The first kappa shape index (κ1) is 16.6. The van der Waals surface area contributed by atoms with Gasteiger partial charge in [-0.1, -0.05) is 46.0 Å². The number of Topliss-reactive ketones (excluding diaryl/α,β-unsaturated/α-hetero) is 1. The molecule has 0 aliphatic carbocycles. The smallest absolute Gasteiger partial charge is 0.139 e. The Morgan fingerprint density at radius 2 is 1.79 bits per heavy atom. The Balaban J connectivity index is 2.13. The lowest BCUT2D eigenvalue weighted by molar-refractivity contribution is -0.123. The van der Waals surface area contributed by atoms with Crippen LogP contribution in [0.3, 0.4) is 0 Å². The summed E-state index contributed by atoms with van der Waals surface area (Å²) >= 11 is 0. The van der Waals surface area contributed by atoms with Gasteiger partial charge in [0.05, 0.1) is 19.1 Å². The first-order valence-electron chi connectivity index (χ1n) is 8.13. The van der Waals surface area contributed by atoms with Gasteiger partial charge in [0.1, 0.15) is 5.78 Å². The predicted octanol–water partition coefficient (Wildman–Crippen LogP) is 3.32. The third kappa shape index (κ3) is 6.53. The highest BCUT2D eigenvalue weighted by atomic mass is 16.5. The third-order valence-corrected chi connectivity index (χ3v) is 3.93. The molecule has 19 heavy (non-hydrogen) atoms. The van der Waals surface area contributed by atoms with Crippen LogP contribution >= 0.6 is 0 Å². The SMILES string of the molecule is CCCCCCCCC(=O)C1COCC1NCCC. The summed E-state index contributed by atoms with van der Waals surface area (Å²) < 4.78 is 5.46. The molecule has 0 aromatic rings. The van der Waals surface area contributed by atoms with Crippen LogP contribution in [-0.2, 0) is 9.53 Å².